The van der Waals surface area contributed by atoms with E-state index in [1.165, 1.54) is 0 Å². The molecule has 0 aliphatic carbocycles. The van der Waals surface area contributed by atoms with Crippen LogP contribution in [-0.4, -0.2) is 45.6 Å². The summed E-state index contributed by atoms with van der Waals surface area (Å²) in [5.74, 6) is 0.830. The van der Waals surface area contributed by atoms with Gasteiger partial charge in [-0.2, -0.15) is 5.10 Å². The Balaban J connectivity index is 2.11. The maximum atomic E-state index is 9.70. The lowest BCUT2D eigenvalue weighted by atomic mass is 10.00. The van der Waals surface area contributed by atoms with Crippen LogP contribution in [-0.2, 0) is 7.05 Å². The monoisotopic (exact) mass is 301 g/mol. The molecule has 1 aromatic carbocycles. The third-order valence-corrected chi connectivity index (χ3v) is 4.49. The highest BCUT2D eigenvalue weighted by atomic mass is 16.5. The Kier molecular flexibility index (Phi) is 3.70. The van der Waals surface area contributed by atoms with E-state index in [1.54, 1.807) is 7.11 Å². The Labute approximate surface area is 130 Å². The van der Waals surface area contributed by atoms with Crippen molar-refractivity contribution in [3.05, 3.63) is 36.0 Å². The number of aliphatic hydroxyl groups excluding tert-OH is 1. The van der Waals surface area contributed by atoms with Crippen molar-refractivity contribution >= 4 is 10.9 Å². The summed E-state index contributed by atoms with van der Waals surface area (Å²) in [6, 6.07) is 6.09. The summed E-state index contributed by atoms with van der Waals surface area (Å²) in [7, 11) is 3.63. The van der Waals surface area contributed by atoms with Gasteiger partial charge in [0.15, 0.2) is 0 Å². The maximum absolute atomic E-state index is 9.70. The van der Waals surface area contributed by atoms with Crippen molar-refractivity contribution in [2.75, 3.05) is 20.3 Å². The van der Waals surface area contributed by atoms with Crippen LogP contribution in [0.1, 0.15) is 25.6 Å². The number of rotatable bonds is 4. The van der Waals surface area contributed by atoms with Gasteiger partial charge in [0.05, 0.1) is 31.0 Å². The summed E-state index contributed by atoms with van der Waals surface area (Å²) in [6.45, 7) is 5.04. The van der Waals surface area contributed by atoms with Gasteiger partial charge < -0.3 is 9.84 Å². The number of ether oxygens (including phenoxy) is 1. The molecule has 1 unspecified atom stereocenters. The van der Waals surface area contributed by atoms with Gasteiger partial charge >= 0.3 is 0 Å². The first-order valence-electron chi connectivity index (χ1n) is 7.53. The molecule has 1 aromatic heterocycles. The molecule has 0 saturated carbocycles. The number of hydrogen-bond donors (Lipinski definition) is 1. The molecule has 1 aliphatic rings. The number of aliphatic hydroxyl groups is 1. The summed E-state index contributed by atoms with van der Waals surface area (Å²) in [5, 5.41) is 15.5. The highest BCUT2D eigenvalue weighted by Crippen LogP contribution is 2.36. The Hall–Kier alpha value is -1.85. The van der Waals surface area contributed by atoms with Crippen LogP contribution in [0.5, 0.6) is 5.75 Å². The highest BCUT2D eigenvalue weighted by molar-refractivity contribution is 5.84. The molecule has 0 amide bonds. The Morgan fingerprint density at radius 3 is 2.86 bits per heavy atom. The zero-order valence-corrected chi connectivity index (χ0v) is 13.6. The van der Waals surface area contributed by atoms with Crippen LogP contribution in [0.3, 0.4) is 0 Å². The van der Waals surface area contributed by atoms with Gasteiger partial charge in [0.25, 0.3) is 0 Å². The molecule has 5 nitrogen and oxygen atoms in total. The van der Waals surface area contributed by atoms with Crippen LogP contribution >= 0.6 is 0 Å². The van der Waals surface area contributed by atoms with Gasteiger partial charge in [0.2, 0.25) is 0 Å². The van der Waals surface area contributed by atoms with Gasteiger partial charge in [-0.25, -0.2) is 0 Å². The van der Waals surface area contributed by atoms with Crippen molar-refractivity contribution in [1.29, 1.82) is 0 Å². The smallest absolute Gasteiger partial charge is 0.119 e. The predicted octanol–water partition coefficient (Wildman–Crippen LogP) is 2.27. The molecule has 5 heteroatoms. The van der Waals surface area contributed by atoms with Crippen molar-refractivity contribution in [2.24, 2.45) is 7.05 Å². The molecule has 1 N–H and O–H groups in total. The topological polar surface area (TPSA) is 50.5 Å². The lowest BCUT2D eigenvalue weighted by Crippen LogP contribution is -2.46. The van der Waals surface area contributed by atoms with Gasteiger partial charge in [-0.15, -0.1) is 0 Å². The van der Waals surface area contributed by atoms with Gasteiger partial charge in [-0.05, 0) is 32.0 Å². The van der Waals surface area contributed by atoms with Crippen LogP contribution in [0, 0.1) is 0 Å². The Bertz CT molecular complexity index is 718. The average molecular weight is 301 g/mol. The van der Waals surface area contributed by atoms with Crippen molar-refractivity contribution < 1.29 is 9.84 Å². The molecule has 2 aromatic rings. The summed E-state index contributed by atoms with van der Waals surface area (Å²) in [4.78, 5) is 2.27. The molecule has 0 spiro atoms. The minimum absolute atomic E-state index is 0.0676. The molecule has 2 heterocycles. The number of nitrogens with zero attached hydrogens (tertiary/aromatic N) is 3. The second kappa shape index (κ2) is 5.41. The van der Waals surface area contributed by atoms with Crippen LogP contribution in [0.25, 0.3) is 10.9 Å². The number of aromatic nitrogens is 2. The van der Waals surface area contributed by atoms with E-state index in [4.69, 9.17) is 9.84 Å². The standard InChI is InChI=1S/C17H23N3O2/c1-17(2,11-21)20-9-5-6-15(20)16-13-10-12(22-4)7-8-14(13)19(3)18-16/h5-8,10,15,21H,9,11H2,1-4H3. The molecule has 0 saturated heterocycles. The van der Waals surface area contributed by atoms with E-state index in [1.807, 2.05) is 29.9 Å². The largest absolute Gasteiger partial charge is 0.497 e. The maximum Gasteiger partial charge on any atom is 0.119 e. The van der Waals surface area contributed by atoms with Gasteiger partial charge in [0.1, 0.15) is 5.75 Å². The zero-order valence-electron chi connectivity index (χ0n) is 13.6. The molecule has 0 radical (unpaired) electrons. The molecule has 118 valence electrons. The van der Waals surface area contributed by atoms with Crippen LogP contribution in [0.4, 0.5) is 0 Å². The van der Waals surface area contributed by atoms with E-state index in [0.717, 1.165) is 28.9 Å². The summed E-state index contributed by atoms with van der Waals surface area (Å²) < 4.78 is 7.26. The van der Waals surface area contributed by atoms with E-state index in [2.05, 4.69) is 30.9 Å². The molecule has 3 rings (SSSR count). The van der Waals surface area contributed by atoms with Crippen LogP contribution in [0.2, 0.25) is 0 Å². The van der Waals surface area contributed by atoms with E-state index in [0.29, 0.717) is 0 Å². The molecule has 22 heavy (non-hydrogen) atoms. The number of hydrogen-bond acceptors (Lipinski definition) is 4. The number of benzene rings is 1. The van der Waals surface area contributed by atoms with Crippen molar-refractivity contribution in [1.82, 2.24) is 14.7 Å². The molecule has 0 fully saturated rings. The van der Waals surface area contributed by atoms with Crippen LogP contribution in [0.15, 0.2) is 30.4 Å². The fourth-order valence-electron chi connectivity index (χ4n) is 3.09. The Morgan fingerprint density at radius 2 is 2.18 bits per heavy atom. The second-order valence-corrected chi connectivity index (χ2v) is 6.39. The first kappa shape index (κ1) is 15.1. The van der Waals surface area contributed by atoms with Crippen molar-refractivity contribution in [2.45, 2.75) is 25.4 Å². The number of methoxy groups -OCH3 is 1. The van der Waals surface area contributed by atoms with E-state index >= 15 is 0 Å². The quantitative estimate of drug-likeness (QED) is 0.880. The normalized spacial score (nSPS) is 19.2. The molecule has 0 bridgehead atoms. The Morgan fingerprint density at radius 1 is 1.41 bits per heavy atom. The van der Waals surface area contributed by atoms with E-state index < -0.39 is 0 Å². The SMILES string of the molecule is COc1ccc2c(c1)c(C1C=CCN1C(C)(C)CO)nn2C. The van der Waals surface area contributed by atoms with Crippen molar-refractivity contribution in [3.63, 3.8) is 0 Å². The fourth-order valence-corrected chi connectivity index (χ4v) is 3.09. The highest BCUT2D eigenvalue weighted by Gasteiger charge is 2.35. The minimum atomic E-state index is -0.295. The van der Waals surface area contributed by atoms with Gasteiger partial charge in [-0.1, -0.05) is 12.2 Å². The first-order chi connectivity index (χ1) is 10.5. The van der Waals surface area contributed by atoms with Gasteiger partial charge in [-0.3, -0.25) is 9.58 Å². The summed E-state index contributed by atoms with van der Waals surface area (Å²) in [6.07, 6.45) is 4.31. The minimum Gasteiger partial charge on any atom is -0.497 e. The number of fused-ring (bicyclic) bond motifs is 1. The molecule has 1 atom stereocenters. The van der Waals surface area contributed by atoms with Gasteiger partial charge in [0, 0.05) is 24.5 Å². The van der Waals surface area contributed by atoms with Crippen molar-refractivity contribution in [3.8, 4) is 5.75 Å². The zero-order chi connectivity index (χ0) is 15.9. The second-order valence-electron chi connectivity index (χ2n) is 6.39. The third kappa shape index (κ3) is 2.30. The molecular weight excluding hydrogens is 278 g/mol. The lowest BCUT2D eigenvalue weighted by Gasteiger charge is -2.37. The summed E-state index contributed by atoms with van der Waals surface area (Å²) in [5.41, 5.74) is 1.79. The molecule has 1 aliphatic heterocycles. The third-order valence-electron chi connectivity index (χ3n) is 4.49. The van der Waals surface area contributed by atoms with E-state index in [9.17, 15) is 5.11 Å². The number of aryl methyl sites for hydroxylation is 1. The van der Waals surface area contributed by atoms with Crippen LogP contribution < -0.4 is 4.74 Å². The lowest BCUT2D eigenvalue weighted by molar-refractivity contribution is 0.0525. The molecular formula is C17H23N3O2. The summed E-state index contributed by atoms with van der Waals surface area (Å²) >= 11 is 0. The fraction of sp³-hybridized carbons (Fsp3) is 0.471. The predicted molar refractivity (Wildman–Crippen MR) is 87.0 cm³/mol. The van der Waals surface area contributed by atoms with E-state index in [-0.39, 0.29) is 18.2 Å². The first-order valence-corrected chi connectivity index (χ1v) is 7.53. The average Bonchev–Trinajstić information content (AvgIpc) is 3.12.